The van der Waals surface area contributed by atoms with E-state index in [0.717, 1.165) is 38.3 Å². The molecule has 1 aliphatic rings. The number of benzene rings is 2. The van der Waals surface area contributed by atoms with Gasteiger partial charge in [0.05, 0.1) is 13.2 Å². The molecule has 0 bridgehead atoms. The first-order valence-corrected chi connectivity index (χ1v) is 8.15. The monoisotopic (exact) mass is 340 g/mol. The van der Waals surface area contributed by atoms with E-state index in [9.17, 15) is 9.59 Å². The van der Waals surface area contributed by atoms with Crippen LogP contribution in [-0.4, -0.2) is 45.1 Å². The number of morpholine rings is 1. The lowest BCUT2D eigenvalue weighted by Crippen LogP contribution is -2.36. The molecule has 25 heavy (non-hydrogen) atoms. The number of ether oxygens (including phenoxy) is 2. The van der Waals surface area contributed by atoms with Crippen LogP contribution in [0.2, 0.25) is 0 Å². The van der Waals surface area contributed by atoms with Crippen LogP contribution < -0.4 is 15.0 Å². The number of hydrogen-bond acceptors (Lipinski definition) is 5. The van der Waals surface area contributed by atoms with Gasteiger partial charge in [-0.15, -0.1) is 0 Å². The normalized spacial score (nSPS) is 14.0. The third kappa shape index (κ3) is 4.81. The summed E-state index contributed by atoms with van der Waals surface area (Å²) < 4.78 is 10.8. The summed E-state index contributed by atoms with van der Waals surface area (Å²) in [4.78, 5) is 25.0. The molecule has 0 saturated carbocycles. The van der Waals surface area contributed by atoms with Crippen LogP contribution in [-0.2, 0) is 9.53 Å². The Morgan fingerprint density at radius 3 is 2.64 bits per heavy atom. The Labute approximate surface area is 146 Å². The van der Waals surface area contributed by atoms with Crippen molar-refractivity contribution in [2.45, 2.75) is 0 Å². The summed E-state index contributed by atoms with van der Waals surface area (Å²) >= 11 is 0. The van der Waals surface area contributed by atoms with Crippen LogP contribution in [0.15, 0.2) is 48.5 Å². The van der Waals surface area contributed by atoms with E-state index in [4.69, 9.17) is 9.47 Å². The van der Waals surface area contributed by atoms with Gasteiger partial charge in [0.2, 0.25) is 0 Å². The second kappa shape index (κ2) is 8.30. The van der Waals surface area contributed by atoms with E-state index >= 15 is 0 Å². The van der Waals surface area contributed by atoms with Gasteiger partial charge in [0.25, 0.3) is 5.91 Å². The molecule has 130 valence electrons. The smallest absolute Gasteiger partial charge is 0.262 e. The van der Waals surface area contributed by atoms with Gasteiger partial charge in [-0.05, 0) is 36.4 Å². The maximum absolute atomic E-state index is 12.0. The average molecular weight is 340 g/mol. The number of carbonyl (C=O) groups is 2. The largest absolute Gasteiger partial charge is 0.484 e. The fourth-order valence-corrected chi connectivity index (χ4v) is 2.60. The van der Waals surface area contributed by atoms with Crippen molar-refractivity contribution < 1.29 is 19.1 Å². The van der Waals surface area contributed by atoms with Crippen molar-refractivity contribution in [3.63, 3.8) is 0 Å². The number of rotatable bonds is 6. The van der Waals surface area contributed by atoms with Crippen molar-refractivity contribution >= 4 is 23.6 Å². The lowest BCUT2D eigenvalue weighted by Gasteiger charge is -2.28. The Kier molecular flexibility index (Phi) is 5.64. The van der Waals surface area contributed by atoms with E-state index in [2.05, 4.69) is 10.2 Å². The molecule has 1 saturated heterocycles. The highest BCUT2D eigenvalue weighted by molar-refractivity contribution is 5.92. The summed E-state index contributed by atoms with van der Waals surface area (Å²) in [6, 6.07) is 14.4. The molecule has 1 N–H and O–H groups in total. The van der Waals surface area contributed by atoms with Crippen LogP contribution >= 0.6 is 0 Å². The summed E-state index contributed by atoms with van der Waals surface area (Å²) in [6.07, 6.45) is 0.739. The molecule has 0 spiro atoms. The summed E-state index contributed by atoms with van der Waals surface area (Å²) in [6.45, 7) is 3.11. The number of anilines is 2. The molecule has 1 fully saturated rings. The van der Waals surface area contributed by atoms with Gasteiger partial charge in [0.15, 0.2) is 6.61 Å². The van der Waals surface area contributed by atoms with Crippen LogP contribution in [0, 0.1) is 0 Å². The minimum Gasteiger partial charge on any atom is -0.484 e. The second-order valence-electron chi connectivity index (χ2n) is 5.67. The van der Waals surface area contributed by atoms with Gasteiger partial charge in [-0.3, -0.25) is 9.59 Å². The summed E-state index contributed by atoms with van der Waals surface area (Å²) in [5.41, 5.74) is 2.34. The van der Waals surface area contributed by atoms with E-state index in [0.29, 0.717) is 17.0 Å². The molecule has 2 aromatic rings. The van der Waals surface area contributed by atoms with Crippen LogP contribution in [0.5, 0.6) is 5.75 Å². The van der Waals surface area contributed by atoms with E-state index in [-0.39, 0.29) is 12.5 Å². The van der Waals surface area contributed by atoms with Crippen LogP contribution in [0.3, 0.4) is 0 Å². The molecule has 1 amide bonds. The number of nitrogens with one attached hydrogen (secondary N) is 1. The lowest BCUT2D eigenvalue weighted by molar-refractivity contribution is -0.118. The summed E-state index contributed by atoms with van der Waals surface area (Å²) in [7, 11) is 0. The first kappa shape index (κ1) is 17.0. The SMILES string of the molecule is O=Cc1cccc(OCC(=O)Nc2ccc(N3CCOCC3)cc2)c1. The van der Waals surface area contributed by atoms with E-state index in [1.54, 1.807) is 24.3 Å². The van der Waals surface area contributed by atoms with Crippen LogP contribution in [0.4, 0.5) is 11.4 Å². The molecule has 2 aromatic carbocycles. The van der Waals surface area contributed by atoms with E-state index < -0.39 is 0 Å². The van der Waals surface area contributed by atoms with Gasteiger partial charge >= 0.3 is 0 Å². The van der Waals surface area contributed by atoms with Gasteiger partial charge in [0.1, 0.15) is 12.0 Å². The van der Waals surface area contributed by atoms with Crippen molar-refractivity contribution in [2.24, 2.45) is 0 Å². The molecule has 0 unspecified atom stereocenters. The standard InChI is InChI=1S/C19H20N2O4/c22-13-15-2-1-3-18(12-15)25-14-19(23)20-16-4-6-17(7-5-16)21-8-10-24-11-9-21/h1-7,12-13H,8-11,14H2,(H,20,23). The third-order valence-electron chi connectivity index (χ3n) is 3.89. The summed E-state index contributed by atoms with van der Waals surface area (Å²) in [5.74, 6) is 0.234. The van der Waals surface area contributed by atoms with Gasteiger partial charge in [0, 0.05) is 30.0 Å². The Bertz CT molecular complexity index is 724. The van der Waals surface area contributed by atoms with Crippen molar-refractivity contribution in [3.05, 3.63) is 54.1 Å². The Hall–Kier alpha value is -2.86. The van der Waals surface area contributed by atoms with E-state index in [1.165, 1.54) is 0 Å². The van der Waals surface area contributed by atoms with Gasteiger partial charge in [-0.25, -0.2) is 0 Å². The van der Waals surface area contributed by atoms with Gasteiger partial charge < -0.3 is 19.7 Å². The predicted molar refractivity (Wildman–Crippen MR) is 95.4 cm³/mol. The van der Waals surface area contributed by atoms with Crippen molar-refractivity contribution in [2.75, 3.05) is 43.1 Å². The molecule has 0 radical (unpaired) electrons. The average Bonchev–Trinajstić information content (AvgIpc) is 2.68. The quantitative estimate of drug-likeness (QED) is 0.818. The zero-order valence-electron chi connectivity index (χ0n) is 13.8. The molecule has 0 aliphatic carbocycles. The topological polar surface area (TPSA) is 67.9 Å². The number of nitrogens with zero attached hydrogens (tertiary/aromatic N) is 1. The number of aldehydes is 1. The zero-order valence-corrected chi connectivity index (χ0v) is 13.8. The summed E-state index contributed by atoms with van der Waals surface area (Å²) in [5, 5.41) is 2.79. The van der Waals surface area contributed by atoms with E-state index in [1.807, 2.05) is 24.3 Å². The molecule has 1 heterocycles. The van der Waals surface area contributed by atoms with Gasteiger partial charge in [-0.1, -0.05) is 12.1 Å². The molecular formula is C19H20N2O4. The van der Waals surface area contributed by atoms with Crippen LogP contribution in [0.1, 0.15) is 10.4 Å². The highest BCUT2D eigenvalue weighted by atomic mass is 16.5. The molecular weight excluding hydrogens is 320 g/mol. The molecule has 6 nitrogen and oxygen atoms in total. The highest BCUT2D eigenvalue weighted by Crippen LogP contribution is 2.19. The molecule has 3 rings (SSSR count). The van der Waals surface area contributed by atoms with Gasteiger partial charge in [-0.2, -0.15) is 0 Å². The Balaban J connectivity index is 1.51. The first-order chi connectivity index (χ1) is 12.2. The maximum atomic E-state index is 12.0. The van der Waals surface area contributed by atoms with Crippen molar-refractivity contribution in [1.82, 2.24) is 0 Å². The minimum absolute atomic E-state index is 0.118. The maximum Gasteiger partial charge on any atom is 0.262 e. The van der Waals surface area contributed by atoms with Crippen LogP contribution in [0.25, 0.3) is 0 Å². The molecule has 0 atom stereocenters. The fourth-order valence-electron chi connectivity index (χ4n) is 2.60. The highest BCUT2D eigenvalue weighted by Gasteiger charge is 2.11. The number of carbonyl (C=O) groups excluding carboxylic acids is 2. The Morgan fingerprint density at radius 1 is 1.16 bits per heavy atom. The molecule has 6 heteroatoms. The van der Waals surface area contributed by atoms with Crippen molar-refractivity contribution in [1.29, 1.82) is 0 Å². The van der Waals surface area contributed by atoms with Crippen molar-refractivity contribution in [3.8, 4) is 5.75 Å². The lowest BCUT2D eigenvalue weighted by atomic mass is 10.2. The molecule has 0 aromatic heterocycles. The fraction of sp³-hybridized carbons (Fsp3) is 0.263. The third-order valence-corrected chi connectivity index (χ3v) is 3.89. The number of hydrogen-bond donors (Lipinski definition) is 1. The molecule has 1 aliphatic heterocycles. The predicted octanol–water partition coefficient (Wildman–Crippen LogP) is 2.35. The Morgan fingerprint density at radius 2 is 1.92 bits per heavy atom. The first-order valence-electron chi connectivity index (χ1n) is 8.15. The second-order valence-corrected chi connectivity index (χ2v) is 5.67. The number of amides is 1. The zero-order chi connectivity index (χ0) is 17.5. The minimum atomic E-state index is -0.254.